The van der Waals surface area contributed by atoms with Crippen LogP contribution in [0.4, 0.5) is 11.4 Å². The standard InChI is InChI=1S/C14H12N2O6/c17-15(18)13-7-3-1-5-11(13)9-21-22-10-12-6-2-4-8-14(12)16(19)20/h1-8H,9-10H2. The molecule has 2 aromatic rings. The monoisotopic (exact) mass is 304 g/mol. The van der Waals surface area contributed by atoms with E-state index in [1.165, 1.54) is 12.1 Å². The van der Waals surface area contributed by atoms with Crippen LogP contribution in [-0.4, -0.2) is 9.85 Å². The lowest BCUT2D eigenvalue weighted by Gasteiger charge is -2.05. The summed E-state index contributed by atoms with van der Waals surface area (Å²) in [5.74, 6) is 0. The Kier molecular flexibility index (Phi) is 5.12. The van der Waals surface area contributed by atoms with Crippen molar-refractivity contribution >= 4 is 11.4 Å². The number of nitrogens with zero attached hydrogens (tertiary/aromatic N) is 2. The molecular weight excluding hydrogens is 292 g/mol. The molecule has 8 heteroatoms. The Bertz CT molecular complexity index is 629. The third-order valence-corrected chi connectivity index (χ3v) is 2.89. The first-order valence-electron chi connectivity index (χ1n) is 6.28. The van der Waals surface area contributed by atoms with E-state index >= 15 is 0 Å². The van der Waals surface area contributed by atoms with Gasteiger partial charge in [-0.15, -0.1) is 0 Å². The number of nitro benzene ring substituents is 2. The van der Waals surface area contributed by atoms with Gasteiger partial charge in [-0.25, -0.2) is 9.78 Å². The maximum atomic E-state index is 10.8. The topological polar surface area (TPSA) is 105 Å². The van der Waals surface area contributed by atoms with E-state index in [1.807, 2.05) is 0 Å². The number of para-hydroxylation sites is 2. The lowest BCUT2D eigenvalue weighted by molar-refractivity contribution is -0.389. The molecule has 0 fully saturated rings. The first-order chi connectivity index (χ1) is 10.6. The molecule has 0 aliphatic carbocycles. The summed E-state index contributed by atoms with van der Waals surface area (Å²) in [6, 6.07) is 12.2. The largest absolute Gasteiger partial charge is 0.275 e. The summed E-state index contributed by atoms with van der Waals surface area (Å²) in [5.41, 5.74) is 0.568. The second kappa shape index (κ2) is 7.25. The van der Waals surface area contributed by atoms with Gasteiger partial charge in [0, 0.05) is 12.1 Å². The van der Waals surface area contributed by atoms with Gasteiger partial charge in [0.2, 0.25) is 0 Å². The van der Waals surface area contributed by atoms with Crippen LogP contribution in [0.3, 0.4) is 0 Å². The van der Waals surface area contributed by atoms with Crippen molar-refractivity contribution < 1.29 is 19.6 Å². The fraction of sp³-hybridized carbons (Fsp3) is 0.143. The SMILES string of the molecule is O=[N+]([O-])c1ccccc1COOCc1ccccc1[N+](=O)[O-]. The molecule has 0 N–H and O–H groups in total. The molecule has 0 aromatic heterocycles. The van der Waals surface area contributed by atoms with Gasteiger partial charge in [-0.05, 0) is 12.1 Å². The predicted octanol–water partition coefficient (Wildman–Crippen LogP) is 3.15. The van der Waals surface area contributed by atoms with Crippen LogP contribution in [-0.2, 0) is 23.0 Å². The lowest BCUT2D eigenvalue weighted by Crippen LogP contribution is -2.01. The highest BCUT2D eigenvalue weighted by Crippen LogP contribution is 2.20. The van der Waals surface area contributed by atoms with E-state index in [0.717, 1.165) is 0 Å². The van der Waals surface area contributed by atoms with Crippen LogP contribution in [0.15, 0.2) is 48.5 Å². The van der Waals surface area contributed by atoms with Crippen LogP contribution >= 0.6 is 0 Å². The van der Waals surface area contributed by atoms with E-state index < -0.39 is 9.85 Å². The zero-order valence-electron chi connectivity index (χ0n) is 11.4. The fourth-order valence-corrected chi connectivity index (χ4v) is 1.83. The maximum absolute atomic E-state index is 10.8. The van der Waals surface area contributed by atoms with E-state index in [4.69, 9.17) is 9.78 Å². The summed E-state index contributed by atoms with van der Waals surface area (Å²) >= 11 is 0. The van der Waals surface area contributed by atoms with Crippen LogP contribution in [0.1, 0.15) is 11.1 Å². The number of hydrogen-bond donors (Lipinski definition) is 0. The van der Waals surface area contributed by atoms with E-state index in [1.54, 1.807) is 36.4 Å². The smallest absolute Gasteiger partial charge is 0.258 e. The van der Waals surface area contributed by atoms with E-state index in [2.05, 4.69) is 0 Å². The molecule has 0 spiro atoms. The van der Waals surface area contributed by atoms with Crippen molar-refractivity contribution in [1.82, 2.24) is 0 Å². The quantitative estimate of drug-likeness (QED) is 0.337. The summed E-state index contributed by atoms with van der Waals surface area (Å²) in [4.78, 5) is 30.5. The minimum atomic E-state index is -0.513. The Morgan fingerprint density at radius 2 is 1.09 bits per heavy atom. The molecule has 8 nitrogen and oxygen atoms in total. The number of rotatable bonds is 7. The summed E-state index contributed by atoms with van der Waals surface area (Å²) in [5, 5.41) is 21.7. The van der Waals surface area contributed by atoms with Crippen molar-refractivity contribution in [3.8, 4) is 0 Å². The van der Waals surface area contributed by atoms with Crippen molar-refractivity contribution in [2.24, 2.45) is 0 Å². The Morgan fingerprint density at radius 3 is 1.45 bits per heavy atom. The third kappa shape index (κ3) is 3.84. The minimum absolute atomic E-state index is 0.0724. The van der Waals surface area contributed by atoms with Crippen LogP contribution < -0.4 is 0 Å². The molecule has 0 aliphatic rings. The molecule has 2 aromatic carbocycles. The second-order valence-electron chi connectivity index (χ2n) is 4.30. The van der Waals surface area contributed by atoms with Gasteiger partial charge in [-0.1, -0.05) is 24.3 Å². The van der Waals surface area contributed by atoms with Crippen LogP contribution in [0.25, 0.3) is 0 Å². The van der Waals surface area contributed by atoms with Crippen molar-refractivity contribution in [2.75, 3.05) is 0 Å². The molecule has 0 atom stereocenters. The maximum Gasteiger partial charge on any atom is 0.275 e. The normalized spacial score (nSPS) is 10.4. The van der Waals surface area contributed by atoms with Crippen molar-refractivity contribution in [1.29, 1.82) is 0 Å². The summed E-state index contributed by atoms with van der Waals surface area (Å²) in [6.07, 6.45) is 0. The molecule has 0 radical (unpaired) electrons. The van der Waals surface area contributed by atoms with Gasteiger partial charge in [0.05, 0.1) is 21.0 Å². The van der Waals surface area contributed by atoms with Gasteiger partial charge in [0.1, 0.15) is 13.2 Å². The highest BCUT2D eigenvalue weighted by Gasteiger charge is 2.14. The van der Waals surface area contributed by atoms with Gasteiger partial charge in [0.15, 0.2) is 0 Å². The molecule has 0 heterocycles. The van der Waals surface area contributed by atoms with Gasteiger partial charge >= 0.3 is 0 Å². The van der Waals surface area contributed by atoms with Crippen molar-refractivity contribution in [2.45, 2.75) is 13.2 Å². The Balaban J connectivity index is 1.93. The summed E-state index contributed by atoms with van der Waals surface area (Å²) < 4.78 is 0. The zero-order valence-corrected chi connectivity index (χ0v) is 11.4. The minimum Gasteiger partial charge on any atom is -0.258 e. The van der Waals surface area contributed by atoms with Gasteiger partial charge in [0.25, 0.3) is 11.4 Å². The predicted molar refractivity (Wildman–Crippen MR) is 75.8 cm³/mol. The van der Waals surface area contributed by atoms with E-state index in [-0.39, 0.29) is 24.6 Å². The molecule has 0 aliphatic heterocycles. The highest BCUT2D eigenvalue weighted by atomic mass is 17.2. The van der Waals surface area contributed by atoms with E-state index in [0.29, 0.717) is 11.1 Å². The molecule has 0 saturated carbocycles. The first kappa shape index (κ1) is 15.5. The van der Waals surface area contributed by atoms with Crippen LogP contribution in [0.2, 0.25) is 0 Å². The Labute approximate surface area is 125 Å². The lowest BCUT2D eigenvalue weighted by atomic mass is 10.2. The molecule has 0 bridgehead atoms. The van der Waals surface area contributed by atoms with Crippen molar-refractivity contribution in [3.63, 3.8) is 0 Å². The number of nitro groups is 2. The fourth-order valence-electron chi connectivity index (χ4n) is 1.83. The molecular formula is C14H12N2O6. The van der Waals surface area contributed by atoms with Gasteiger partial charge in [-0.3, -0.25) is 20.2 Å². The molecule has 0 unspecified atom stereocenters. The number of hydrogen-bond acceptors (Lipinski definition) is 6. The van der Waals surface area contributed by atoms with Gasteiger partial charge in [-0.2, -0.15) is 0 Å². The average molecular weight is 304 g/mol. The average Bonchev–Trinajstić information content (AvgIpc) is 2.52. The molecule has 22 heavy (non-hydrogen) atoms. The second-order valence-corrected chi connectivity index (χ2v) is 4.30. The van der Waals surface area contributed by atoms with Gasteiger partial charge < -0.3 is 0 Å². The summed E-state index contributed by atoms with van der Waals surface area (Å²) in [7, 11) is 0. The molecule has 0 saturated heterocycles. The molecule has 114 valence electrons. The summed E-state index contributed by atoms with van der Waals surface area (Å²) in [6.45, 7) is -0.254. The Morgan fingerprint density at radius 1 is 0.727 bits per heavy atom. The Hall–Kier alpha value is -2.84. The number of benzene rings is 2. The van der Waals surface area contributed by atoms with Crippen molar-refractivity contribution in [3.05, 3.63) is 79.9 Å². The third-order valence-electron chi connectivity index (χ3n) is 2.89. The van der Waals surface area contributed by atoms with E-state index in [9.17, 15) is 20.2 Å². The van der Waals surface area contributed by atoms with Crippen LogP contribution in [0.5, 0.6) is 0 Å². The molecule has 0 amide bonds. The first-order valence-corrected chi connectivity index (χ1v) is 6.28. The highest BCUT2D eigenvalue weighted by molar-refractivity contribution is 5.39. The van der Waals surface area contributed by atoms with Crippen LogP contribution in [0, 0.1) is 20.2 Å². The zero-order chi connectivity index (χ0) is 15.9. The molecule has 2 rings (SSSR count).